The number of methoxy groups -OCH3 is 1. The first kappa shape index (κ1) is 30.3. The first-order valence-corrected chi connectivity index (χ1v) is 16.3. The molecule has 0 spiro atoms. The van der Waals surface area contributed by atoms with Gasteiger partial charge in [0.05, 0.1) is 24.2 Å². The Hall–Kier alpha value is -5.31. The fraction of sp³-hybridized carbons (Fsp3) is 0.289. The summed E-state index contributed by atoms with van der Waals surface area (Å²) >= 11 is 0. The van der Waals surface area contributed by atoms with Gasteiger partial charge < -0.3 is 29.3 Å². The third-order valence-corrected chi connectivity index (χ3v) is 9.54. The van der Waals surface area contributed by atoms with Gasteiger partial charge in [-0.1, -0.05) is 48.5 Å². The zero-order valence-electron chi connectivity index (χ0n) is 26.5. The van der Waals surface area contributed by atoms with E-state index in [4.69, 9.17) is 4.74 Å². The lowest BCUT2D eigenvalue weighted by molar-refractivity contribution is -0.111. The number of rotatable bonds is 7. The number of ether oxygens (including phenoxy) is 1. The third kappa shape index (κ3) is 6.38. The monoisotopic (exact) mass is 629 g/mol. The molecule has 240 valence electrons. The van der Waals surface area contributed by atoms with Gasteiger partial charge in [-0.05, 0) is 60.4 Å². The maximum absolute atomic E-state index is 13.8. The first-order chi connectivity index (χ1) is 23.0. The van der Waals surface area contributed by atoms with Gasteiger partial charge >= 0.3 is 0 Å². The van der Waals surface area contributed by atoms with Crippen molar-refractivity contribution >= 4 is 35.0 Å². The Bertz CT molecular complexity index is 1860. The summed E-state index contributed by atoms with van der Waals surface area (Å²) in [5.74, 6) is 1.01. The molecule has 9 nitrogen and oxygen atoms in total. The van der Waals surface area contributed by atoms with Crippen molar-refractivity contribution in [2.45, 2.75) is 18.9 Å². The average molecular weight is 630 g/mol. The highest BCUT2D eigenvalue weighted by atomic mass is 16.5. The molecule has 0 aliphatic carbocycles. The molecule has 0 radical (unpaired) electrons. The number of hydrogen-bond acceptors (Lipinski definition) is 6. The highest BCUT2D eigenvalue weighted by Gasteiger charge is 2.35. The molecule has 3 aliphatic rings. The number of nitrogens with one attached hydrogen (secondary N) is 1. The third-order valence-electron chi connectivity index (χ3n) is 9.54. The number of carbonyl (C=O) groups is 2. The van der Waals surface area contributed by atoms with Gasteiger partial charge in [-0.15, -0.1) is 0 Å². The minimum atomic E-state index is -0.265. The van der Waals surface area contributed by atoms with Crippen LogP contribution in [0.4, 0.5) is 17.1 Å². The summed E-state index contributed by atoms with van der Waals surface area (Å²) < 4.78 is 7.48. The number of fused-ring (bicyclic) bond motifs is 4. The van der Waals surface area contributed by atoms with Crippen LogP contribution in [0, 0.1) is 5.92 Å². The first-order valence-electron chi connectivity index (χ1n) is 16.3. The Morgan fingerprint density at radius 1 is 0.809 bits per heavy atom. The highest BCUT2D eigenvalue weighted by molar-refractivity contribution is 6.05. The number of piperidine rings is 1. The lowest BCUT2D eigenvalue weighted by atomic mass is 9.83. The topological polar surface area (TPSA) is 87.1 Å². The Kier molecular flexibility index (Phi) is 8.52. The second-order valence-electron chi connectivity index (χ2n) is 12.5. The van der Waals surface area contributed by atoms with Crippen molar-refractivity contribution in [2.24, 2.45) is 5.92 Å². The molecule has 4 heterocycles. The molecular formula is C38H39N5O4. The Morgan fingerprint density at radius 2 is 1.60 bits per heavy atom. The van der Waals surface area contributed by atoms with Gasteiger partial charge in [0.25, 0.3) is 11.5 Å². The Balaban J connectivity index is 1.13. The van der Waals surface area contributed by atoms with Crippen molar-refractivity contribution in [1.29, 1.82) is 0 Å². The number of anilines is 3. The molecule has 47 heavy (non-hydrogen) atoms. The molecule has 1 aromatic heterocycles. The molecule has 0 saturated carbocycles. The SMILES string of the molecule is COc1ccccc1N1CCN(C(=O)c2ccc(N3CC4CC(C3)c3cccc(=O)n3C4)c(NC(=O)/C=C/c3ccccc3)c2)CC1. The van der Waals surface area contributed by atoms with Crippen molar-refractivity contribution in [2.75, 3.05) is 61.5 Å². The minimum Gasteiger partial charge on any atom is -0.495 e. The zero-order valence-corrected chi connectivity index (χ0v) is 26.5. The second kappa shape index (κ2) is 13.2. The summed E-state index contributed by atoms with van der Waals surface area (Å²) in [5, 5.41) is 3.10. The number of amides is 2. The normalized spacial score (nSPS) is 19.0. The van der Waals surface area contributed by atoms with Crippen molar-refractivity contribution in [3.8, 4) is 5.75 Å². The van der Waals surface area contributed by atoms with Crippen LogP contribution in [0.15, 0.2) is 102 Å². The average Bonchev–Trinajstić information content (AvgIpc) is 3.11. The fourth-order valence-electron chi connectivity index (χ4n) is 7.27. The van der Waals surface area contributed by atoms with Crippen molar-refractivity contribution < 1.29 is 14.3 Å². The van der Waals surface area contributed by atoms with Crippen LogP contribution in [-0.2, 0) is 11.3 Å². The number of benzene rings is 3. The number of hydrogen-bond donors (Lipinski definition) is 1. The van der Waals surface area contributed by atoms with Crippen molar-refractivity contribution in [1.82, 2.24) is 9.47 Å². The summed E-state index contributed by atoms with van der Waals surface area (Å²) in [6, 6.07) is 28.8. The van der Waals surface area contributed by atoms with E-state index in [9.17, 15) is 14.4 Å². The molecule has 2 bridgehead atoms. The van der Waals surface area contributed by atoms with Crippen LogP contribution in [0.2, 0.25) is 0 Å². The second-order valence-corrected chi connectivity index (χ2v) is 12.5. The van der Waals surface area contributed by atoms with E-state index in [0.29, 0.717) is 49.9 Å². The van der Waals surface area contributed by atoms with E-state index in [1.807, 2.05) is 88.3 Å². The van der Waals surface area contributed by atoms with Gasteiger partial charge in [-0.3, -0.25) is 14.4 Å². The Labute approximate surface area is 274 Å². The number of para-hydroxylation sites is 2. The van der Waals surface area contributed by atoms with Crippen LogP contribution in [0.25, 0.3) is 6.08 Å². The summed E-state index contributed by atoms with van der Waals surface area (Å²) in [7, 11) is 1.67. The maximum atomic E-state index is 13.8. The molecule has 1 N–H and O–H groups in total. The molecule has 2 amide bonds. The molecule has 9 heteroatoms. The van der Waals surface area contributed by atoms with Crippen molar-refractivity contribution in [3.05, 3.63) is 124 Å². The molecule has 2 atom stereocenters. The van der Waals surface area contributed by atoms with Crippen LogP contribution in [-0.4, -0.2) is 67.7 Å². The van der Waals surface area contributed by atoms with E-state index in [0.717, 1.165) is 47.9 Å². The standard InChI is InChI=1S/C38H39N5O4/c1-47-35-12-6-5-10-34(35)40-18-20-41(21-19-40)38(46)29-15-16-33(31(23-29)39-36(44)17-14-27-8-3-2-4-9-27)42-24-28-22-30(26-42)32-11-7-13-37(45)43(32)25-28/h2-17,23,28,30H,18-22,24-26H2,1H3,(H,39,44)/b17-14+. The number of pyridine rings is 1. The minimum absolute atomic E-state index is 0.0513. The summed E-state index contributed by atoms with van der Waals surface area (Å²) in [6.07, 6.45) is 4.34. The molecule has 7 rings (SSSR count). The predicted octanol–water partition coefficient (Wildman–Crippen LogP) is 5.09. The van der Waals surface area contributed by atoms with Crippen LogP contribution >= 0.6 is 0 Å². The fourth-order valence-corrected chi connectivity index (χ4v) is 7.27. The molecule has 2 saturated heterocycles. The van der Waals surface area contributed by atoms with Gasteiger partial charge in [-0.25, -0.2) is 0 Å². The van der Waals surface area contributed by atoms with Gasteiger partial charge in [0.2, 0.25) is 5.91 Å². The van der Waals surface area contributed by atoms with Crippen molar-refractivity contribution in [3.63, 3.8) is 0 Å². The van der Waals surface area contributed by atoms with Gasteiger partial charge in [0.15, 0.2) is 0 Å². The van der Waals surface area contributed by atoms with Crippen LogP contribution in [0.5, 0.6) is 5.75 Å². The number of nitrogens with zero attached hydrogens (tertiary/aromatic N) is 4. The number of carbonyl (C=O) groups excluding carboxylic acids is 2. The van der Waals surface area contributed by atoms with Crippen LogP contribution in [0.1, 0.15) is 34.0 Å². The smallest absolute Gasteiger partial charge is 0.254 e. The lowest BCUT2D eigenvalue weighted by Crippen LogP contribution is -2.49. The summed E-state index contributed by atoms with van der Waals surface area (Å²) in [4.78, 5) is 46.1. The zero-order chi connectivity index (χ0) is 32.3. The maximum Gasteiger partial charge on any atom is 0.254 e. The van der Waals surface area contributed by atoms with Crippen LogP contribution < -0.4 is 25.4 Å². The lowest BCUT2D eigenvalue weighted by Gasteiger charge is -2.44. The van der Waals surface area contributed by atoms with E-state index in [1.165, 1.54) is 6.08 Å². The molecule has 3 aromatic carbocycles. The van der Waals surface area contributed by atoms with E-state index in [2.05, 4.69) is 21.2 Å². The highest BCUT2D eigenvalue weighted by Crippen LogP contribution is 2.39. The summed E-state index contributed by atoms with van der Waals surface area (Å²) in [5.41, 5.74) is 5.10. The van der Waals surface area contributed by atoms with Gasteiger partial charge in [-0.2, -0.15) is 0 Å². The molecule has 4 aromatic rings. The summed E-state index contributed by atoms with van der Waals surface area (Å²) in [6.45, 7) is 4.71. The number of piperazine rings is 1. The quantitative estimate of drug-likeness (QED) is 0.287. The molecule has 2 fully saturated rings. The van der Waals surface area contributed by atoms with Gasteiger partial charge in [0, 0.05) is 75.1 Å². The van der Waals surface area contributed by atoms with E-state index >= 15 is 0 Å². The largest absolute Gasteiger partial charge is 0.495 e. The predicted molar refractivity (Wildman–Crippen MR) is 185 cm³/mol. The molecular weight excluding hydrogens is 590 g/mol. The van der Waals surface area contributed by atoms with E-state index < -0.39 is 0 Å². The van der Waals surface area contributed by atoms with E-state index in [1.54, 1.807) is 19.3 Å². The molecule has 2 unspecified atom stereocenters. The number of aromatic nitrogens is 1. The van der Waals surface area contributed by atoms with Crippen LogP contribution in [0.3, 0.4) is 0 Å². The Morgan fingerprint density at radius 3 is 2.40 bits per heavy atom. The van der Waals surface area contributed by atoms with Gasteiger partial charge in [0.1, 0.15) is 5.75 Å². The molecule has 3 aliphatic heterocycles. The van der Waals surface area contributed by atoms with E-state index in [-0.39, 0.29) is 23.3 Å².